The molecule has 0 saturated carbocycles. The second kappa shape index (κ2) is 9.22. The molecule has 0 bridgehead atoms. The maximum absolute atomic E-state index is 12.5. The van der Waals surface area contributed by atoms with E-state index in [1.54, 1.807) is 6.92 Å². The number of allylic oxidation sites excluding steroid dienone is 1. The van der Waals surface area contributed by atoms with Gasteiger partial charge in [-0.2, -0.15) is 13.2 Å². The van der Waals surface area contributed by atoms with Crippen molar-refractivity contribution in [3.8, 4) is 17.4 Å². The van der Waals surface area contributed by atoms with Crippen LogP contribution in [0.2, 0.25) is 0 Å². The standard InChI is InChI=1S/C20H18F3NO5/c1-12(9-13(2)25)10-17(19(26)27)28-15-4-6-16(7-5-15)29-18-8-3-14(11-24-18)20(21,22)23/h3-9,11,17H,10H2,1-2H3,(H,26,27). The summed E-state index contributed by atoms with van der Waals surface area (Å²) in [6, 6.07) is 7.79. The number of hydrogen-bond acceptors (Lipinski definition) is 5. The summed E-state index contributed by atoms with van der Waals surface area (Å²) in [6.45, 7) is 3.00. The summed E-state index contributed by atoms with van der Waals surface area (Å²) < 4.78 is 48.4. The highest BCUT2D eigenvalue weighted by Crippen LogP contribution is 2.30. The fraction of sp³-hybridized carbons (Fsp3) is 0.250. The molecule has 1 unspecified atom stereocenters. The molecule has 0 amide bonds. The summed E-state index contributed by atoms with van der Waals surface area (Å²) in [5.41, 5.74) is -0.319. The van der Waals surface area contributed by atoms with Crippen LogP contribution in [0.25, 0.3) is 0 Å². The number of rotatable bonds is 8. The Morgan fingerprint density at radius 3 is 2.21 bits per heavy atom. The van der Waals surface area contributed by atoms with E-state index in [1.165, 1.54) is 37.3 Å². The normalized spacial score (nSPS) is 12.9. The number of alkyl halides is 3. The van der Waals surface area contributed by atoms with Crippen LogP contribution in [0.1, 0.15) is 25.8 Å². The molecule has 0 aliphatic heterocycles. The van der Waals surface area contributed by atoms with Crippen molar-refractivity contribution in [3.05, 3.63) is 59.8 Å². The van der Waals surface area contributed by atoms with Crippen LogP contribution >= 0.6 is 0 Å². The van der Waals surface area contributed by atoms with Gasteiger partial charge in [0, 0.05) is 18.7 Å². The largest absolute Gasteiger partial charge is 0.478 e. The molecule has 1 N–H and O–H groups in total. The summed E-state index contributed by atoms with van der Waals surface area (Å²) >= 11 is 0. The molecule has 0 spiro atoms. The number of nitrogens with zero attached hydrogens (tertiary/aromatic N) is 1. The van der Waals surface area contributed by atoms with Crippen molar-refractivity contribution >= 4 is 11.8 Å². The quantitative estimate of drug-likeness (QED) is 0.639. The number of pyridine rings is 1. The van der Waals surface area contributed by atoms with Crippen molar-refractivity contribution in [2.75, 3.05) is 0 Å². The molecular formula is C20H18F3NO5. The van der Waals surface area contributed by atoms with E-state index in [-0.39, 0.29) is 29.6 Å². The fourth-order valence-corrected chi connectivity index (χ4v) is 2.36. The van der Waals surface area contributed by atoms with Gasteiger partial charge < -0.3 is 14.6 Å². The van der Waals surface area contributed by atoms with Crippen molar-refractivity contribution < 1.29 is 37.3 Å². The molecule has 1 atom stereocenters. The highest BCUT2D eigenvalue weighted by Gasteiger charge is 2.30. The Labute approximate surface area is 164 Å². The Morgan fingerprint density at radius 1 is 1.10 bits per heavy atom. The topological polar surface area (TPSA) is 85.7 Å². The predicted octanol–water partition coefficient (Wildman–Crippen LogP) is 4.65. The summed E-state index contributed by atoms with van der Waals surface area (Å²) in [5, 5.41) is 9.30. The maximum atomic E-state index is 12.5. The van der Waals surface area contributed by atoms with Gasteiger partial charge in [-0.05, 0) is 50.3 Å². The lowest BCUT2D eigenvalue weighted by atomic mass is 10.1. The molecule has 0 radical (unpaired) electrons. The summed E-state index contributed by atoms with van der Waals surface area (Å²) in [4.78, 5) is 26.1. The van der Waals surface area contributed by atoms with Gasteiger partial charge in [-0.3, -0.25) is 4.79 Å². The lowest BCUT2D eigenvalue weighted by Crippen LogP contribution is -2.27. The second-order valence-corrected chi connectivity index (χ2v) is 6.21. The lowest BCUT2D eigenvalue weighted by molar-refractivity contribution is -0.145. The molecule has 0 aliphatic rings. The lowest BCUT2D eigenvalue weighted by Gasteiger charge is -2.16. The molecule has 0 fully saturated rings. The van der Waals surface area contributed by atoms with E-state index in [2.05, 4.69) is 4.98 Å². The first-order chi connectivity index (χ1) is 13.5. The number of benzene rings is 1. The van der Waals surface area contributed by atoms with E-state index in [1.807, 2.05) is 0 Å². The number of carboxylic acids is 1. The van der Waals surface area contributed by atoms with Gasteiger partial charge in [0.1, 0.15) is 11.5 Å². The minimum atomic E-state index is -4.48. The molecule has 0 saturated heterocycles. The molecule has 9 heteroatoms. The van der Waals surface area contributed by atoms with Crippen LogP contribution in [0.15, 0.2) is 54.2 Å². The minimum absolute atomic E-state index is 0.0277. The van der Waals surface area contributed by atoms with Crippen LogP contribution in [0.3, 0.4) is 0 Å². The van der Waals surface area contributed by atoms with Crippen molar-refractivity contribution in [2.24, 2.45) is 0 Å². The van der Waals surface area contributed by atoms with E-state index in [4.69, 9.17) is 9.47 Å². The van der Waals surface area contributed by atoms with Crippen LogP contribution in [0.4, 0.5) is 13.2 Å². The third kappa shape index (κ3) is 6.95. The molecule has 2 rings (SSSR count). The number of halogens is 3. The Balaban J connectivity index is 2.03. The number of ether oxygens (including phenoxy) is 2. The highest BCUT2D eigenvalue weighted by atomic mass is 19.4. The minimum Gasteiger partial charge on any atom is -0.478 e. The molecule has 154 valence electrons. The van der Waals surface area contributed by atoms with Crippen LogP contribution in [-0.4, -0.2) is 27.9 Å². The molecule has 29 heavy (non-hydrogen) atoms. The molecule has 6 nitrogen and oxygen atoms in total. The van der Waals surface area contributed by atoms with Gasteiger partial charge in [-0.25, -0.2) is 9.78 Å². The SMILES string of the molecule is CC(=O)C=C(C)CC(Oc1ccc(Oc2ccc(C(F)(F)F)cn2)cc1)C(=O)O. The van der Waals surface area contributed by atoms with E-state index in [9.17, 15) is 27.9 Å². The van der Waals surface area contributed by atoms with Gasteiger partial charge >= 0.3 is 12.1 Å². The number of ketones is 1. The fourth-order valence-electron chi connectivity index (χ4n) is 2.36. The molecule has 2 aromatic rings. The molecule has 1 aromatic carbocycles. The molecule has 0 aliphatic carbocycles. The van der Waals surface area contributed by atoms with Crippen LogP contribution < -0.4 is 9.47 Å². The zero-order valence-corrected chi connectivity index (χ0v) is 15.6. The first-order valence-electron chi connectivity index (χ1n) is 8.43. The summed E-state index contributed by atoms with van der Waals surface area (Å²) in [7, 11) is 0. The molecular weight excluding hydrogens is 391 g/mol. The number of carbonyl (C=O) groups excluding carboxylic acids is 1. The number of carboxylic acid groups (broad SMARTS) is 1. The monoisotopic (exact) mass is 409 g/mol. The Morgan fingerprint density at radius 2 is 1.72 bits per heavy atom. The average Bonchev–Trinajstić information content (AvgIpc) is 2.61. The van der Waals surface area contributed by atoms with E-state index < -0.39 is 23.8 Å². The number of aliphatic carboxylic acids is 1. The first kappa shape index (κ1) is 21.9. The number of aromatic nitrogens is 1. The Hall–Kier alpha value is -3.36. The second-order valence-electron chi connectivity index (χ2n) is 6.21. The van der Waals surface area contributed by atoms with E-state index in [0.717, 1.165) is 12.1 Å². The number of carbonyl (C=O) groups is 2. The van der Waals surface area contributed by atoms with Crippen molar-refractivity contribution in [2.45, 2.75) is 32.5 Å². The van der Waals surface area contributed by atoms with Crippen LogP contribution in [0.5, 0.6) is 17.4 Å². The third-order valence-corrected chi connectivity index (χ3v) is 3.62. The van der Waals surface area contributed by atoms with Crippen LogP contribution in [-0.2, 0) is 15.8 Å². The third-order valence-electron chi connectivity index (χ3n) is 3.62. The smallest absolute Gasteiger partial charge is 0.417 e. The van der Waals surface area contributed by atoms with Gasteiger partial charge in [-0.1, -0.05) is 5.57 Å². The Bertz CT molecular complexity index is 890. The van der Waals surface area contributed by atoms with E-state index in [0.29, 0.717) is 11.8 Å². The Kier molecular flexibility index (Phi) is 6.98. The first-order valence-corrected chi connectivity index (χ1v) is 8.43. The van der Waals surface area contributed by atoms with Crippen molar-refractivity contribution in [1.82, 2.24) is 4.98 Å². The van der Waals surface area contributed by atoms with Gasteiger partial charge in [0.2, 0.25) is 5.88 Å². The van der Waals surface area contributed by atoms with Gasteiger partial charge in [0.15, 0.2) is 11.9 Å². The zero-order valence-electron chi connectivity index (χ0n) is 15.6. The van der Waals surface area contributed by atoms with Gasteiger partial charge in [0.25, 0.3) is 0 Å². The molecule has 1 aromatic heterocycles. The van der Waals surface area contributed by atoms with Crippen LogP contribution in [0, 0.1) is 0 Å². The van der Waals surface area contributed by atoms with Crippen molar-refractivity contribution in [1.29, 1.82) is 0 Å². The van der Waals surface area contributed by atoms with Gasteiger partial charge in [-0.15, -0.1) is 0 Å². The summed E-state index contributed by atoms with van der Waals surface area (Å²) in [5.74, 6) is -0.870. The summed E-state index contributed by atoms with van der Waals surface area (Å²) in [6.07, 6.45) is -3.63. The van der Waals surface area contributed by atoms with Gasteiger partial charge in [0.05, 0.1) is 5.56 Å². The van der Waals surface area contributed by atoms with E-state index >= 15 is 0 Å². The predicted molar refractivity (Wildman–Crippen MR) is 96.9 cm³/mol. The zero-order chi connectivity index (χ0) is 21.6. The van der Waals surface area contributed by atoms with Crippen molar-refractivity contribution in [3.63, 3.8) is 0 Å². The molecule has 1 heterocycles. The maximum Gasteiger partial charge on any atom is 0.417 e. The highest BCUT2D eigenvalue weighted by molar-refractivity contribution is 5.88. The number of hydrogen-bond donors (Lipinski definition) is 1. The average molecular weight is 409 g/mol.